The maximum Gasteiger partial charge on any atom is 0.0570 e. The first-order chi connectivity index (χ1) is 17.4. The minimum atomic E-state index is 0.840. The van der Waals surface area contributed by atoms with Gasteiger partial charge in [0, 0.05) is 40.2 Å². The van der Waals surface area contributed by atoms with Crippen molar-refractivity contribution in [1.82, 2.24) is 9.13 Å². The highest BCUT2D eigenvalue weighted by molar-refractivity contribution is 6.22. The zero-order valence-corrected chi connectivity index (χ0v) is 19.3. The second-order valence-corrected chi connectivity index (χ2v) is 9.07. The van der Waals surface area contributed by atoms with Crippen LogP contribution in [0.1, 0.15) is 5.56 Å². The van der Waals surface area contributed by atoms with Crippen molar-refractivity contribution in [3.05, 3.63) is 139 Å². The van der Waals surface area contributed by atoms with E-state index in [1.165, 1.54) is 55.1 Å². The van der Waals surface area contributed by atoms with Crippen molar-refractivity contribution in [1.29, 1.82) is 0 Å². The van der Waals surface area contributed by atoms with Gasteiger partial charge in [-0.2, -0.15) is 0 Å². The third-order valence-electron chi connectivity index (χ3n) is 6.96. The monoisotopic (exact) mass is 448 g/mol. The maximum atomic E-state index is 2.41. The first kappa shape index (κ1) is 19.9. The van der Waals surface area contributed by atoms with Crippen LogP contribution >= 0.6 is 0 Å². The number of aromatic nitrogens is 2. The van der Waals surface area contributed by atoms with E-state index in [0.29, 0.717) is 0 Å². The Kier molecular flexibility index (Phi) is 4.56. The predicted octanol–water partition coefficient (Wildman–Crippen LogP) is 8.45. The summed E-state index contributed by atoms with van der Waals surface area (Å²) >= 11 is 0. The summed E-state index contributed by atoms with van der Waals surface area (Å²) in [6, 6.07) is 45.7. The van der Waals surface area contributed by atoms with E-state index < -0.39 is 0 Å². The highest BCUT2D eigenvalue weighted by atomic mass is 15.0. The molecule has 0 saturated carbocycles. The van der Waals surface area contributed by atoms with Gasteiger partial charge in [-0.25, -0.2) is 0 Å². The van der Waals surface area contributed by atoms with Gasteiger partial charge in [0.1, 0.15) is 0 Å². The molecule has 0 fully saturated rings. The molecule has 166 valence electrons. The van der Waals surface area contributed by atoms with Crippen LogP contribution < -0.4 is 0 Å². The van der Waals surface area contributed by atoms with Crippen LogP contribution in [0, 0.1) is 0 Å². The molecule has 0 spiro atoms. The third kappa shape index (κ3) is 3.18. The van der Waals surface area contributed by atoms with E-state index in [4.69, 9.17) is 0 Å². The van der Waals surface area contributed by atoms with Crippen molar-refractivity contribution in [2.75, 3.05) is 0 Å². The molecule has 0 saturated heterocycles. The maximum absolute atomic E-state index is 2.41. The number of fused-ring (bicyclic) bond motifs is 4. The summed E-state index contributed by atoms with van der Waals surface area (Å²) < 4.78 is 4.81. The molecule has 0 aliphatic carbocycles. The van der Waals surface area contributed by atoms with Gasteiger partial charge in [0.05, 0.1) is 16.6 Å². The molecule has 7 aromatic rings. The normalized spacial score (nSPS) is 11.5. The summed E-state index contributed by atoms with van der Waals surface area (Å²) in [5.74, 6) is 0. The van der Waals surface area contributed by atoms with Gasteiger partial charge >= 0.3 is 0 Å². The van der Waals surface area contributed by atoms with Crippen molar-refractivity contribution in [3.8, 4) is 16.8 Å². The molecule has 2 aromatic heterocycles. The van der Waals surface area contributed by atoms with Gasteiger partial charge in [-0.05, 0) is 41.5 Å². The molecule has 0 aliphatic heterocycles. The minimum Gasteiger partial charge on any atom is -0.343 e. The van der Waals surface area contributed by atoms with Crippen LogP contribution in [0.5, 0.6) is 0 Å². The van der Waals surface area contributed by atoms with Gasteiger partial charge in [-0.15, -0.1) is 0 Å². The van der Waals surface area contributed by atoms with Gasteiger partial charge < -0.3 is 9.13 Å². The second-order valence-electron chi connectivity index (χ2n) is 9.07. The Morgan fingerprint density at radius 1 is 0.571 bits per heavy atom. The van der Waals surface area contributed by atoms with Crippen molar-refractivity contribution in [3.63, 3.8) is 0 Å². The lowest BCUT2D eigenvalue weighted by atomic mass is 9.96. The molecular weight excluding hydrogens is 424 g/mol. The Morgan fingerprint density at radius 2 is 1.23 bits per heavy atom. The van der Waals surface area contributed by atoms with Crippen LogP contribution in [0.2, 0.25) is 0 Å². The summed E-state index contributed by atoms with van der Waals surface area (Å²) in [6.45, 7) is 0.840. The van der Waals surface area contributed by atoms with Gasteiger partial charge in [0.15, 0.2) is 0 Å². The molecule has 2 nitrogen and oxygen atoms in total. The van der Waals surface area contributed by atoms with Crippen molar-refractivity contribution in [2.45, 2.75) is 6.54 Å². The van der Waals surface area contributed by atoms with Crippen LogP contribution in [0.15, 0.2) is 134 Å². The first-order valence-electron chi connectivity index (χ1n) is 12.1. The SMILES string of the molecule is c1ccc(Cn2ccc3cc4c(c(-c5ccccc5)c32)c2ccccc2n4-c2ccccc2)cc1. The number of nitrogens with zero attached hydrogens (tertiary/aromatic N) is 2. The average molecular weight is 449 g/mol. The molecule has 0 radical (unpaired) electrons. The second kappa shape index (κ2) is 8.03. The standard InChI is InChI=1S/C33H24N2/c1-4-12-24(13-5-1)23-34-21-20-26-22-30-32(31(33(26)34)25-14-6-2-7-15-25)28-18-10-11-19-29(28)35(30)27-16-8-3-9-17-27/h1-22H,23H2. The lowest BCUT2D eigenvalue weighted by Gasteiger charge is -2.14. The molecular formula is C33H24N2. The molecule has 0 atom stereocenters. The summed E-state index contributed by atoms with van der Waals surface area (Å²) in [6.07, 6.45) is 2.23. The van der Waals surface area contributed by atoms with Crippen molar-refractivity contribution in [2.24, 2.45) is 0 Å². The van der Waals surface area contributed by atoms with Gasteiger partial charge in [-0.3, -0.25) is 0 Å². The fraction of sp³-hybridized carbons (Fsp3) is 0.0303. The Morgan fingerprint density at radius 3 is 2.00 bits per heavy atom. The lowest BCUT2D eigenvalue weighted by molar-refractivity contribution is 0.838. The highest BCUT2D eigenvalue weighted by Gasteiger charge is 2.20. The molecule has 7 rings (SSSR count). The van der Waals surface area contributed by atoms with E-state index in [1.807, 2.05) is 0 Å². The quantitative estimate of drug-likeness (QED) is 0.256. The number of rotatable bonds is 4. The summed E-state index contributed by atoms with van der Waals surface area (Å²) in [4.78, 5) is 0. The predicted molar refractivity (Wildman–Crippen MR) is 147 cm³/mol. The molecule has 5 aromatic carbocycles. The zero-order valence-electron chi connectivity index (χ0n) is 19.3. The molecule has 0 bridgehead atoms. The van der Waals surface area contributed by atoms with E-state index in [0.717, 1.165) is 6.54 Å². The van der Waals surface area contributed by atoms with E-state index in [9.17, 15) is 0 Å². The molecule has 35 heavy (non-hydrogen) atoms. The van der Waals surface area contributed by atoms with E-state index >= 15 is 0 Å². The van der Waals surface area contributed by atoms with Gasteiger partial charge in [0.25, 0.3) is 0 Å². The number of hydrogen-bond donors (Lipinski definition) is 0. The van der Waals surface area contributed by atoms with Crippen LogP contribution in [0.4, 0.5) is 0 Å². The lowest BCUT2D eigenvalue weighted by Crippen LogP contribution is -1.99. The number of benzene rings is 5. The number of hydrogen-bond acceptors (Lipinski definition) is 0. The first-order valence-corrected chi connectivity index (χ1v) is 12.1. The molecule has 2 heteroatoms. The molecule has 0 N–H and O–H groups in total. The molecule has 0 unspecified atom stereocenters. The van der Waals surface area contributed by atoms with Crippen LogP contribution in [-0.2, 0) is 6.54 Å². The van der Waals surface area contributed by atoms with Crippen LogP contribution in [-0.4, -0.2) is 9.13 Å². The van der Waals surface area contributed by atoms with Crippen molar-refractivity contribution < 1.29 is 0 Å². The van der Waals surface area contributed by atoms with Gasteiger partial charge in [-0.1, -0.05) is 97.1 Å². The molecule has 0 amide bonds. The Bertz CT molecular complexity index is 1790. The van der Waals surface area contributed by atoms with Crippen LogP contribution in [0.25, 0.3) is 49.5 Å². The zero-order chi connectivity index (χ0) is 23.2. The van der Waals surface area contributed by atoms with Gasteiger partial charge in [0.2, 0.25) is 0 Å². The number of para-hydroxylation sites is 2. The topological polar surface area (TPSA) is 9.86 Å². The van der Waals surface area contributed by atoms with E-state index in [1.54, 1.807) is 0 Å². The largest absolute Gasteiger partial charge is 0.343 e. The minimum absolute atomic E-state index is 0.840. The smallest absolute Gasteiger partial charge is 0.0570 e. The average Bonchev–Trinajstić information content (AvgIpc) is 3.47. The molecule has 0 aliphatic rings. The third-order valence-corrected chi connectivity index (χ3v) is 6.96. The Balaban J connectivity index is 1.64. The highest BCUT2D eigenvalue weighted by Crippen LogP contribution is 2.43. The van der Waals surface area contributed by atoms with Crippen LogP contribution in [0.3, 0.4) is 0 Å². The van der Waals surface area contributed by atoms with E-state index in [-0.39, 0.29) is 0 Å². The summed E-state index contributed by atoms with van der Waals surface area (Å²) in [5.41, 5.74) is 8.77. The molecule has 2 heterocycles. The summed E-state index contributed by atoms with van der Waals surface area (Å²) in [5, 5.41) is 3.84. The Labute approximate surface area is 204 Å². The fourth-order valence-electron chi connectivity index (χ4n) is 5.47. The fourth-order valence-corrected chi connectivity index (χ4v) is 5.47. The Hall–Kier alpha value is -4.56. The summed E-state index contributed by atoms with van der Waals surface area (Å²) in [7, 11) is 0. The van der Waals surface area contributed by atoms with Crippen molar-refractivity contribution >= 4 is 32.7 Å². The van der Waals surface area contributed by atoms with E-state index in [2.05, 4.69) is 143 Å².